The summed E-state index contributed by atoms with van der Waals surface area (Å²) in [6.45, 7) is -0.329. The predicted octanol–water partition coefficient (Wildman–Crippen LogP) is 1.71. The Bertz CT molecular complexity index is 658. The number of carbonyl (C=O) groups is 1. The molecule has 3 rings (SSSR count). The molecule has 118 valence electrons. The minimum Gasteiger partial charge on any atom is -0.490 e. The van der Waals surface area contributed by atoms with Crippen LogP contribution in [0.5, 0.6) is 5.75 Å². The number of amides is 1. The molecule has 0 saturated heterocycles. The van der Waals surface area contributed by atoms with E-state index in [2.05, 4.69) is 10.6 Å². The Morgan fingerprint density at radius 3 is 2.95 bits per heavy atom. The molecule has 3 N–H and O–H groups in total. The summed E-state index contributed by atoms with van der Waals surface area (Å²) in [4.78, 5) is 11.7. The van der Waals surface area contributed by atoms with Crippen molar-refractivity contribution in [1.29, 1.82) is 0 Å². The summed E-state index contributed by atoms with van der Waals surface area (Å²) in [5.74, 6) is -0.281. The van der Waals surface area contributed by atoms with Gasteiger partial charge in [-0.05, 0) is 18.2 Å². The summed E-state index contributed by atoms with van der Waals surface area (Å²) in [5.41, 5.74) is 0.000185. The maximum atomic E-state index is 13.8. The third-order valence-corrected chi connectivity index (χ3v) is 5.02. The van der Waals surface area contributed by atoms with Gasteiger partial charge in [0.25, 0.3) is 12.3 Å². The van der Waals surface area contributed by atoms with Gasteiger partial charge < -0.3 is 20.5 Å². The monoisotopic (exact) mass is 348 g/mol. The predicted molar refractivity (Wildman–Crippen MR) is 76.9 cm³/mol. The molecular weight excluding hydrogens is 338 g/mol. The van der Waals surface area contributed by atoms with Crippen molar-refractivity contribution in [3.8, 4) is 5.75 Å². The number of aliphatic hydroxyl groups excluding tert-OH is 1. The molecule has 0 saturated carbocycles. The summed E-state index contributed by atoms with van der Waals surface area (Å²) in [6, 6.07) is 4.73. The van der Waals surface area contributed by atoms with E-state index in [9.17, 15) is 18.7 Å². The molecule has 0 bridgehead atoms. The second-order valence-electron chi connectivity index (χ2n) is 4.79. The van der Waals surface area contributed by atoms with Crippen LogP contribution in [0.2, 0.25) is 5.02 Å². The molecule has 0 spiro atoms. The van der Waals surface area contributed by atoms with E-state index in [0.29, 0.717) is 15.7 Å². The number of halogens is 3. The zero-order valence-electron chi connectivity index (χ0n) is 11.0. The molecule has 2 aliphatic rings. The fraction of sp³-hybridized carbons (Fsp3) is 0.308. The average Bonchev–Trinajstić information content (AvgIpc) is 2.49. The standard InChI is InChI=1S/C13H11ClF2N2O3S/c14-6-1-2-8-7(3-6)21-5-13(22-8,12(15)16)9-4-17-10(19)11(20)18-9/h1-4,11-12,18,20H,5H2,(H,17,19). The number of fused-ring (bicyclic) bond motifs is 1. The number of benzene rings is 1. The average molecular weight is 349 g/mol. The molecule has 0 radical (unpaired) electrons. The Labute approximate surface area is 133 Å². The van der Waals surface area contributed by atoms with Gasteiger partial charge in [0.05, 0.1) is 10.6 Å². The molecule has 22 heavy (non-hydrogen) atoms. The molecule has 2 unspecified atom stereocenters. The van der Waals surface area contributed by atoms with Gasteiger partial charge in [0.2, 0.25) is 6.23 Å². The van der Waals surface area contributed by atoms with E-state index in [1.54, 1.807) is 18.2 Å². The van der Waals surface area contributed by atoms with Gasteiger partial charge in [0.1, 0.15) is 12.4 Å². The molecule has 1 amide bonds. The quantitative estimate of drug-likeness (QED) is 0.759. The number of carbonyl (C=O) groups excluding carboxylic acids is 1. The van der Waals surface area contributed by atoms with Gasteiger partial charge in [-0.15, -0.1) is 0 Å². The maximum absolute atomic E-state index is 13.8. The van der Waals surface area contributed by atoms with Gasteiger partial charge in [-0.25, -0.2) is 8.78 Å². The summed E-state index contributed by atoms with van der Waals surface area (Å²) >= 11 is 6.76. The lowest BCUT2D eigenvalue weighted by Gasteiger charge is -2.40. The van der Waals surface area contributed by atoms with Crippen molar-refractivity contribution in [2.24, 2.45) is 0 Å². The Morgan fingerprint density at radius 1 is 1.50 bits per heavy atom. The number of hydrogen-bond donors (Lipinski definition) is 3. The summed E-state index contributed by atoms with van der Waals surface area (Å²) < 4.78 is 31.2. The van der Waals surface area contributed by atoms with Gasteiger partial charge in [-0.3, -0.25) is 4.79 Å². The zero-order valence-corrected chi connectivity index (χ0v) is 12.5. The van der Waals surface area contributed by atoms with Crippen LogP contribution in [0, 0.1) is 0 Å². The number of thioether (sulfide) groups is 1. The minimum absolute atomic E-state index is 0.000185. The second kappa shape index (κ2) is 5.60. The molecule has 0 aliphatic carbocycles. The van der Waals surface area contributed by atoms with Crippen molar-refractivity contribution in [3.63, 3.8) is 0 Å². The Hall–Kier alpha value is -1.51. The largest absolute Gasteiger partial charge is 0.490 e. The van der Waals surface area contributed by atoms with Crippen LogP contribution in [-0.2, 0) is 4.79 Å². The Morgan fingerprint density at radius 2 is 2.27 bits per heavy atom. The Balaban J connectivity index is 1.98. The Kier molecular flexibility index (Phi) is 3.92. The van der Waals surface area contributed by atoms with Crippen LogP contribution >= 0.6 is 23.4 Å². The molecular formula is C13H11ClF2N2O3S. The van der Waals surface area contributed by atoms with Crippen LogP contribution < -0.4 is 15.4 Å². The van der Waals surface area contributed by atoms with Crippen LogP contribution in [0.3, 0.4) is 0 Å². The third kappa shape index (κ3) is 2.51. The highest BCUT2D eigenvalue weighted by molar-refractivity contribution is 8.01. The first-order chi connectivity index (χ1) is 10.4. The normalized spacial score (nSPS) is 27.4. The number of rotatable bonds is 2. The number of ether oxygens (including phenoxy) is 1. The number of hydrogen-bond acceptors (Lipinski definition) is 5. The highest BCUT2D eigenvalue weighted by Crippen LogP contribution is 2.50. The van der Waals surface area contributed by atoms with E-state index in [4.69, 9.17) is 16.3 Å². The van der Waals surface area contributed by atoms with Crippen molar-refractivity contribution in [2.75, 3.05) is 6.61 Å². The fourth-order valence-corrected chi connectivity index (χ4v) is 3.51. The topological polar surface area (TPSA) is 70.6 Å². The van der Waals surface area contributed by atoms with E-state index < -0.39 is 23.3 Å². The van der Waals surface area contributed by atoms with Crippen molar-refractivity contribution >= 4 is 29.3 Å². The van der Waals surface area contributed by atoms with Gasteiger partial charge in [-0.2, -0.15) is 0 Å². The van der Waals surface area contributed by atoms with Crippen LogP contribution in [0.15, 0.2) is 35.0 Å². The van der Waals surface area contributed by atoms with E-state index in [-0.39, 0.29) is 12.3 Å². The van der Waals surface area contributed by atoms with E-state index in [1.807, 2.05) is 0 Å². The fourth-order valence-electron chi connectivity index (χ4n) is 2.17. The molecule has 2 atom stereocenters. The maximum Gasteiger partial charge on any atom is 0.273 e. The SMILES string of the molecule is O=C1NC=C(C2(C(F)F)COc3cc(Cl)ccc3S2)NC1O. The summed E-state index contributed by atoms with van der Waals surface area (Å²) in [7, 11) is 0. The lowest BCUT2D eigenvalue weighted by Crippen LogP contribution is -2.56. The minimum atomic E-state index is -2.79. The third-order valence-electron chi connectivity index (χ3n) is 3.35. The van der Waals surface area contributed by atoms with Crippen LogP contribution in [0.1, 0.15) is 0 Å². The molecule has 0 aromatic heterocycles. The molecule has 1 aromatic carbocycles. The van der Waals surface area contributed by atoms with Crippen LogP contribution in [0.25, 0.3) is 0 Å². The van der Waals surface area contributed by atoms with Gasteiger partial charge in [0, 0.05) is 11.2 Å². The van der Waals surface area contributed by atoms with E-state index >= 15 is 0 Å². The van der Waals surface area contributed by atoms with E-state index in [0.717, 1.165) is 18.0 Å². The first-order valence-corrected chi connectivity index (χ1v) is 7.47. The molecule has 2 heterocycles. The molecule has 1 aromatic rings. The first-order valence-electron chi connectivity index (χ1n) is 6.27. The number of nitrogens with one attached hydrogen (secondary N) is 2. The smallest absolute Gasteiger partial charge is 0.273 e. The molecule has 0 fully saturated rings. The summed E-state index contributed by atoms with van der Waals surface area (Å²) in [5, 5.41) is 14.6. The van der Waals surface area contributed by atoms with Crippen molar-refractivity contribution < 1.29 is 23.4 Å². The molecule has 5 nitrogen and oxygen atoms in total. The van der Waals surface area contributed by atoms with Crippen molar-refractivity contribution in [2.45, 2.75) is 22.3 Å². The second-order valence-corrected chi connectivity index (χ2v) is 6.59. The first kappa shape index (κ1) is 15.4. The molecule has 2 aliphatic heterocycles. The lowest BCUT2D eigenvalue weighted by molar-refractivity contribution is -0.130. The van der Waals surface area contributed by atoms with Gasteiger partial charge in [0.15, 0.2) is 4.75 Å². The van der Waals surface area contributed by atoms with Crippen LogP contribution in [0.4, 0.5) is 8.78 Å². The highest BCUT2D eigenvalue weighted by Gasteiger charge is 2.50. The van der Waals surface area contributed by atoms with E-state index in [1.165, 1.54) is 0 Å². The van der Waals surface area contributed by atoms with Gasteiger partial charge >= 0.3 is 0 Å². The number of aliphatic hydroxyl groups is 1. The molecule has 9 heteroatoms. The van der Waals surface area contributed by atoms with Crippen LogP contribution in [-0.4, -0.2) is 35.0 Å². The van der Waals surface area contributed by atoms with Crippen molar-refractivity contribution in [1.82, 2.24) is 10.6 Å². The summed E-state index contributed by atoms with van der Waals surface area (Å²) in [6.07, 6.45) is -3.23. The number of alkyl halides is 2. The zero-order chi connectivity index (χ0) is 15.9. The van der Waals surface area contributed by atoms with Crippen molar-refractivity contribution in [3.05, 3.63) is 35.1 Å². The van der Waals surface area contributed by atoms with Gasteiger partial charge in [-0.1, -0.05) is 23.4 Å². The highest BCUT2D eigenvalue weighted by atomic mass is 35.5. The lowest BCUT2D eigenvalue weighted by atomic mass is 10.0.